The summed E-state index contributed by atoms with van der Waals surface area (Å²) in [6, 6.07) is 3.68. The van der Waals surface area contributed by atoms with E-state index >= 15 is 0 Å². The van der Waals surface area contributed by atoms with Gasteiger partial charge in [0.25, 0.3) is 0 Å². The summed E-state index contributed by atoms with van der Waals surface area (Å²) < 4.78 is 0. The summed E-state index contributed by atoms with van der Waals surface area (Å²) in [5.41, 5.74) is 3.79. The third-order valence-electron chi connectivity index (χ3n) is 1.69. The Kier molecular flexibility index (Phi) is 1.81. The molecule has 13 heavy (non-hydrogen) atoms. The average molecular weight is 173 g/mol. The van der Waals surface area contributed by atoms with E-state index < -0.39 is 0 Å². The zero-order chi connectivity index (χ0) is 9.10. The van der Waals surface area contributed by atoms with E-state index in [4.69, 9.17) is 5.26 Å². The summed E-state index contributed by atoms with van der Waals surface area (Å²) in [7, 11) is 0. The largest absolute Gasteiger partial charge is 0.271 e. The Balaban J connectivity index is 2.18. The monoisotopic (exact) mass is 173 g/mol. The number of nitrogens with zero attached hydrogens (tertiary/aromatic N) is 4. The highest BCUT2D eigenvalue weighted by Crippen LogP contribution is 2.02. The number of hydrogen-bond donors (Lipinski definition) is 1. The van der Waals surface area contributed by atoms with Crippen molar-refractivity contribution in [2.45, 2.75) is 0 Å². The molecule has 5 heteroatoms. The smallest absolute Gasteiger partial charge is 0.201 e. The zero-order valence-electron chi connectivity index (χ0n) is 6.81. The highest BCUT2D eigenvalue weighted by atomic mass is 15.6. The van der Waals surface area contributed by atoms with Gasteiger partial charge in [0, 0.05) is 18.0 Å². The Morgan fingerprint density at radius 1 is 1.46 bits per heavy atom. The van der Waals surface area contributed by atoms with Crippen LogP contribution in [0.4, 0.5) is 0 Å². The van der Waals surface area contributed by atoms with E-state index in [1.807, 2.05) is 18.3 Å². The van der Waals surface area contributed by atoms with E-state index in [-0.39, 0.29) is 0 Å². The molecule has 0 radical (unpaired) electrons. The summed E-state index contributed by atoms with van der Waals surface area (Å²) in [6.07, 6.45) is 5.33. The molecule has 0 unspecified atom stereocenters. The van der Waals surface area contributed by atoms with Gasteiger partial charge in [-0.25, -0.2) is 4.99 Å². The average Bonchev–Trinajstić information content (AvgIpc) is 2.67. The Morgan fingerprint density at radius 3 is 2.85 bits per heavy atom. The standard InChI is InChI=1S/C8H7N5/c9-5-13-6-11-8(12-13)7-1-3-10-4-2-7/h1-4H,6H2,(H,11,12). The first-order valence-electron chi connectivity index (χ1n) is 3.79. The highest BCUT2D eigenvalue weighted by molar-refractivity contribution is 5.99. The molecule has 0 aliphatic carbocycles. The van der Waals surface area contributed by atoms with Crippen molar-refractivity contribution in [1.29, 1.82) is 5.26 Å². The van der Waals surface area contributed by atoms with Crippen LogP contribution in [0.1, 0.15) is 5.56 Å². The first-order chi connectivity index (χ1) is 6.40. The maximum atomic E-state index is 8.56. The van der Waals surface area contributed by atoms with Gasteiger partial charge in [-0.05, 0) is 12.1 Å². The Bertz CT molecular complexity index is 364. The third-order valence-corrected chi connectivity index (χ3v) is 1.69. The molecule has 1 N–H and O–H groups in total. The van der Waals surface area contributed by atoms with Gasteiger partial charge in [0.1, 0.15) is 12.5 Å². The van der Waals surface area contributed by atoms with Crippen molar-refractivity contribution in [2.24, 2.45) is 4.99 Å². The SMILES string of the molecule is N#CN1CN=C(c2ccncc2)N1. The predicted octanol–water partition coefficient (Wildman–Crippen LogP) is 0.0870. The molecule has 2 rings (SSSR count). The van der Waals surface area contributed by atoms with Crippen LogP contribution >= 0.6 is 0 Å². The number of nitrogens with one attached hydrogen (secondary N) is 1. The minimum Gasteiger partial charge on any atom is -0.271 e. The molecular weight excluding hydrogens is 166 g/mol. The van der Waals surface area contributed by atoms with Crippen molar-refractivity contribution in [2.75, 3.05) is 6.67 Å². The molecule has 0 spiro atoms. The molecule has 0 bridgehead atoms. The molecule has 0 atom stereocenters. The van der Waals surface area contributed by atoms with Crippen molar-refractivity contribution in [3.05, 3.63) is 30.1 Å². The number of aromatic nitrogens is 1. The molecule has 1 aromatic heterocycles. The quantitative estimate of drug-likeness (QED) is 0.611. The number of rotatable bonds is 1. The minimum absolute atomic E-state index is 0.369. The summed E-state index contributed by atoms with van der Waals surface area (Å²) in [5, 5.41) is 9.92. The number of hydrogen-bond acceptors (Lipinski definition) is 5. The third kappa shape index (κ3) is 1.42. The Hall–Kier alpha value is -2.09. The van der Waals surface area contributed by atoms with Gasteiger partial charge < -0.3 is 0 Å². The van der Waals surface area contributed by atoms with Crippen LogP contribution in [0.25, 0.3) is 0 Å². The molecule has 0 saturated heterocycles. The van der Waals surface area contributed by atoms with Crippen molar-refractivity contribution in [3.63, 3.8) is 0 Å². The normalized spacial score (nSPS) is 14.7. The molecule has 1 aromatic rings. The molecular formula is C8H7N5. The topological polar surface area (TPSA) is 64.3 Å². The van der Waals surface area contributed by atoms with Crippen LogP contribution in [0, 0.1) is 11.5 Å². The molecule has 0 amide bonds. The lowest BCUT2D eigenvalue weighted by Gasteiger charge is -2.06. The van der Waals surface area contributed by atoms with Crippen molar-refractivity contribution in [3.8, 4) is 6.19 Å². The first-order valence-corrected chi connectivity index (χ1v) is 3.79. The lowest BCUT2D eigenvalue weighted by molar-refractivity contribution is 0.393. The summed E-state index contributed by atoms with van der Waals surface area (Å²) >= 11 is 0. The molecule has 0 saturated carbocycles. The van der Waals surface area contributed by atoms with E-state index in [2.05, 4.69) is 15.4 Å². The maximum absolute atomic E-state index is 8.56. The van der Waals surface area contributed by atoms with Crippen molar-refractivity contribution in [1.82, 2.24) is 15.4 Å². The fourth-order valence-corrected chi connectivity index (χ4v) is 1.06. The van der Waals surface area contributed by atoms with Gasteiger partial charge in [0.05, 0.1) is 0 Å². The predicted molar refractivity (Wildman–Crippen MR) is 46.2 cm³/mol. The van der Waals surface area contributed by atoms with Crippen LogP contribution < -0.4 is 5.43 Å². The second kappa shape index (κ2) is 3.11. The van der Waals surface area contributed by atoms with E-state index in [0.29, 0.717) is 12.5 Å². The van der Waals surface area contributed by atoms with Gasteiger partial charge in [0.2, 0.25) is 6.19 Å². The number of pyridine rings is 1. The maximum Gasteiger partial charge on any atom is 0.201 e. The number of hydrazine groups is 1. The molecule has 64 valence electrons. The highest BCUT2D eigenvalue weighted by Gasteiger charge is 2.13. The first kappa shape index (κ1) is 7.55. The van der Waals surface area contributed by atoms with Gasteiger partial charge in [0.15, 0.2) is 0 Å². The molecule has 1 aliphatic heterocycles. The van der Waals surface area contributed by atoms with Gasteiger partial charge in [-0.3, -0.25) is 10.4 Å². The van der Waals surface area contributed by atoms with Gasteiger partial charge in [-0.2, -0.15) is 10.3 Å². The Labute approximate surface area is 75.3 Å². The zero-order valence-corrected chi connectivity index (χ0v) is 6.81. The van der Waals surface area contributed by atoms with Gasteiger partial charge >= 0.3 is 0 Å². The number of amidine groups is 1. The summed E-state index contributed by atoms with van der Waals surface area (Å²) in [6.45, 7) is 0.369. The van der Waals surface area contributed by atoms with Crippen molar-refractivity contribution >= 4 is 5.84 Å². The molecule has 0 aromatic carbocycles. The second-order valence-corrected chi connectivity index (χ2v) is 2.52. The Morgan fingerprint density at radius 2 is 2.23 bits per heavy atom. The van der Waals surface area contributed by atoms with E-state index in [9.17, 15) is 0 Å². The second-order valence-electron chi connectivity index (χ2n) is 2.52. The molecule has 0 fully saturated rings. The van der Waals surface area contributed by atoms with Crippen LogP contribution in [0.3, 0.4) is 0 Å². The lowest BCUT2D eigenvalue weighted by Crippen LogP contribution is -2.32. The number of nitriles is 1. The fraction of sp³-hybridized carbons (Fsp3) is 0.125. The van der Waals surface area contributed by atoms with E-state index in [1.165, 1.54) is 5.01 Å². The fourth-order valence-electron chi connectivity index (χ4n) is 1.06. The van der Waals surface area contributed by atoms with Crippen LogP contribution in [0.2, 0.25) is 0 Å². The molecule has 5 nitrogen and oxygen atoms in total. The van der Waals surface area contributed by atoms with Crippen LogP contribution in [-0.4, -0.2) is 22.5 Å². The summed E-state index contributed by atoms with van der Waals surface area (Å²) in [5.74, 6) is 0.712. The van der Waals surface area contributed by atoms with Crippen molar-refractivity contribution < 1.29 is 0 Å². The van der Waals surface area contributed by atoms with Crippen LogP contribution in [0.15, 0.2) is 29.5 Å². The summed E-state index contributed by atoms with van der Waals surface area (Å²) in [4.78, 5) is 8.03. The van der Waals surface area contributed by atoms with Crippen LogP contribution in [-0.2, 0) is 0 Å². The molecule has 1 aliphatic rings. The molecule has 2 heterocycles. The number of aliphatic imine (C=N–C) groups is 1. The van der Waals surface area contributed by atoms with Crippen LogP contribution in [0.5, 0.6) is 0 Å². The van der Waals surface area contributed by atoms with E-state index in [0.717, 1.165) is 5.56 Å². The minimum atomic E-state index is 0.369. The van der Waals surface area contributed by atoms with Gasteiger partial charge in [-0.15, -0.1) is 0 Å². The lowest BCUT2D eigenvalue weighted by atomic mass is 10.2. The van der Waals surface area contributed by atoms with E-state index in [1.54, 1.807) is 12.4 Å². The van der Waals surface area contributed by atoms with Gasteiger partial charge in [-0.1, -0.05) is 0 Å².